The molecule has 120 valence electrons. The van der Waals surface area contributed by atoms with Crippen LogP contribution in [0.4, 0.5) is 0 Å². The molecule has 1 aromatic heterocycles. The molecule has 1 amide bonds. The van der Waals surface area contributed by atoms with Crippen molar-refractivity contribution in [2.45, 2.75) is 59.3 Å². The first kappa shape index (κ1) is 18.1. The summed E-state index contributed by atoms with van der Waals surface area (Å²) in [5, 5.41) is 15.1. The lowest BCUT2D eigenvalue weighted by Crippen LogP contribution is -2.27. The number of aromatic nitrogens is 1. The van der Waals surface area contributed by atoms with Crippen LogP contribution in [-0.4, -0.2) is 29.1 Å². The van der Waals surface area contributed by atoms with E-state index < -0.39 is 0 Å². The first-order chi connectivity index (χ1) is 9.64. The lowest BCUT2D eigenvalue weighted by atomic mass is 9.89. The van der Waals surface area contributed by atoms with Gasteiger partial charge in [0, 0.05) is 23.9 Å². The van der Waals surface area contributed by atoms with Gasteiger partial charge >= 0.3 is 0 Å². The van der Waals surface area contributed by atoms with Crippen molar-refractivity contribution in [1.29, 1.82) is 0 Å². The van der Waals surface area contributed by atoms with Crippen LogP contribution in [0.1, 0.15) is 58.2 Å². The van der Waals surface area contributed by atoms with Crippen molar-refractivity contribution < 1.29 is 9.90 Å². The molecule has 0 saturated carbocycles. The number of rotatable bonds is 7. The van der Waals surface area contributed by atoms with Gasteiger partial charge in [0.05, 0.1) is 17.1 Å². The average molecular weight is 312 g/mol. The van der Waals surface area contributed by atoms with Crippen LogP contribution in [0.25, 0.3) is 0 Å². The standard InChI is InChI=1S/C16H28N2O2S/c1-15(2,3)14-18-12(10-21-14)9-13(20)17-8-6-7-16(4,5)11-19/h10,19H,6-9,11H2,1-5H3,(H,17,20). The van der Waals surface area contributed by atoms with E-state index in [0.29, 0.717) is 13.0 Å². The van der Waals surface area contributed by atoms with Gasteiger partial charge in [-0.1, -0.05) is 34.6 Å². The van der Waals surface area contributed by atoms with Crippen molar-refractivity contribution in [2.24, 2.45) is 5.41 Å². The fourth-order valence-electron chi connectivity index (χ4n) is 1.83. The van der Waals surface area contributed by atoms with Crippen molar-refractivity contribution >= 4 is 17.2 Å². The zero-order chi connectivity index (χ0) is 16.1. The molecule has 5 heteroatoms. The van der Waals surface area contributed by atoms with Crippen LogP contribution in [0.2, 0.25) is 0 Å². The van der Waals surface area contributed by atoms with Gasteiger partial charge in [-0.25, -0.2) is 4.98 Å². The molecule has 0 atom stereocenters. The van der Waals surface area contributed by atoms with E-state index in [1.54, 1.807) is 11.3 Å². The topological polar surface area (TPSA) is 62.2 Å². The Morgan fingerprint density at radius 3 is 2.52 bits per heavy atom. The predicted octanol–water partition coefficient (Wildman–Crippen LogP) is 2.90. The largest absolute Gasteiger partial charge is 0.396 e. The normalized spacial score (nSPS) is 12.5. The third-order valence-corrected chi connectivity index (χ3v) is 4.63. The van der Waals surface area contributed by atoms with Crippen LogP contribution in [0.15, 0.2) is 5.38 Å². The van der Waals surface area contributed by atoms with E-state index in [1.165, 1.54) is 0 Å². The molecule has 1 heterocycles. The predicted molar refractivity (Wildman–Crippen MR) is 87.6 cm³/mol. The Labute approximate surface area is 132 Å². The monoisotopic (exact) mass is 312 g/mol. The summed E-state index contributed by atoms with van der Waals surface area (Å²) < 4.78 is 0. The molecule has 0 aliphatic carbocycles. The summed E-state index contributed by atoms with van der Waals surface area (Å²) in [6.45, 7) is 11.2. The van der Waals surface area contributed by atoms with Gasteiger partial charge in [-0.05, 0) is 18.3 Å². The molecule has 0 aliphatic rings. The Balaban J connectivity index is 2.33. The molecule has 2 N–H and O–H groups in total. The minimum absolute atomic E-state index is 0.0163. The quantitative estimate of drug-likeness (QED) is 0.761. The molecule has 0 bridgehead atoms. The van der Waals surface area contributed by atoms with Gasteiger partial charge in [-0.3, -0.25) is 4.79 Å². The summed E-state index contributed by atoms with van der Waals surface area (Å²) in [4.78, 5) is 16.4. The van der Waals surface area contributed by atoms with E-state index in [4.69, 9.17) is 0 Å². The zero-order valence-electron chi connectivity index (χ0n) is 13.8. The van der Waals surface area contributed by atoms with Crippen LogP contribution in [-0.2, 0) is 16.6 Å². The number of nitrogens with zero attached hydrogens (tertiary/aromatic N) is 1. The molecular weight excluding hydrogens is 284 g/mol. The summed E-state index contributed by atoms with van der Waals surface area (Å²) in [7, 11) is 0. The summed E-state index contributed by atoms with van der Waals surface area (Å²) in [6, 6.07) is 0. The molecule has 4 nitrogen and oxygen atoms in total. The Morgan fingerprint density at radius 2 is 2.00 bits per heavy atom. The first-order valence-corrected chi connectivity index (χ1v) is 8.34. The van der Waals surface area contributed by atoms with E-state index in [1.807, 2.05) is 19.2 Å². The Kier molecular flexibility index (Phi) is 6.35. The number of amides is 1. The van der Waals surface area contributed by atoms with Gasteiger partial charge in [0.1, 0.15) is 0 Å². The second-order valence-electron chi connectivity index (χ2n) is 7.35. The molecule has 0 aliphatic heterocycles. The SMILES string of the molecule is CC(C)(CO)CCCNC(=O)Cc1csc(C(C)(C)C)n1. The van der Waals surface area contributed by atoms with E-state index in [0.717, 1.165) is 23.5 Å². The fraction of sp³-hybridized carbons (Fsp3) is 0.750. The number of thiazole rings is 1. The smallest absolute Gasteiger partial charge is 0.226 e. The van der Waals surface area contributed by atoms with Crippen LogP contribution in [0.3, 0.4) is 0 Å². The fourth-order valence-corrected chi connectivity index (χ4v) is 2.74. The van der Waals surface area contributed by atoms with E-state index in [9.17, 15) is 9.90 Å². The van der Waals surface area contributed by atoms with Crippen LogP contribution >= 0.6 is 11.3 Å². The van der Waals surface area contributed by atoms with Gasteiger partial charge in [-0.2, -0.15) is 0 Å². The van der Waals surface area contributed by atoms with Crippen molar-refractivity contribution in [3.8, 4) is 0 Å². The summed E-state index contributed by atoms with van der Waals surface area (Å²) in [5.41, 5.74) is 0.814. The maximum atomic E-state index is 11.9. The maximum absolute atomic E-state index is 11.9. The molecule has 0 aromatic carbocycles. The lowest BCUT2D eigenvalue weighted by Gasteiger charge is -2.21. The second-order valence-corrected chi connectivity index (χ2v) is 8.20. The minimum atomic E-state index is -0.0682. The third-order valence-electron chi connectivity index (χ3n) is 3.32. The van der Waals surface area contributed by atoms with Crippen molar-refractivity contribution in [1.82, 2.24) is 10.3 Å². The highest BCUT2D eigenvalue weighted by molar-refractivity contribution is 7.09. The summed E-state index contributed by atoms with van der Waals surface area (Å²) in [6.07, 6.45) is 2.12. The van der Waals surface area contributed by atoms with Crippen molar-refractivity contribution in [2.75, 3.05) is 13.2 Å². The molecule has 0 spiro atoms. The maximum Gasteiger partial charge on any atom is 0.226 e. The Hall–Kier alpha value is -0.940. The van der Waals surface area contributed by atoms with Gasteiger partial charge < -0.3 is 10.4 Å². The van der Waals surface area contributed by atoms with E-state index in [-0.39, 0.29) is 23.3 Å². The zero-order valence-corrected chi connectivity index (χ0v) is 14.6. The third kappa shape index (κ3) is 6.57. The Morgan fingerprint density at radius 1 is 1.33 bits per heavy atom. The number of hydrogen-bond acceptors (Lipinski definition) is 4. The molecule has 0 unspecified atom stereocenters. The van der Waals surface area contributed by atoms with Gasteiger partial charge in [-0.15, -0.1) is 11.3 Å². The van der Waals surface area contributed by atoms with Crippen molar-refractivity contribution in [3.05, 3.63) is 16.1 Å². The minimum Gasteiger partial charge on any atom is -0.396 e. The number of aliphatic hydroxyl groups excluding tert-OH is 1. The highest BCUT2D eigenvalue weighted by Crippen LogP contribution is 2.25. The molecule has 0 saturated heterocycles. The summed E-state index contributed by atoms with van der Waals surface area (Å²) >= 11 is 1.61. The van der Waals surface area contributed by atoms with Crippen LogP contribution < -0.4 is 5.32 Å². The molecule has 1 rings (SSSR count). The summed E-state index contributed by atoms with van der Waals surface area (Å²) in [5.74, 6) is 0.0163. The molecule has 0 fully saturated rings. The van der Waals surface area contributed by atoms with Gasteiger partial charge in [0.2, 0.25) is 5.91 Å². The van der Waals surface area contributed by atoms with Crippen LogP contribution in [0, 0.1) is 5.41 Å². The lowest BCUT2D eigenvalue weighted by molar-refractivity contribution is -0.120. The number of hydrogen-bond donors (Lipinski definition) is 2. The Bertz CT molecular complexity index is 461. The second kappa shape index (κ2) is 7.36. The number of carbonyl (C=O) groups is 1. The van der Waals surface area contributed by atoms with E-state index >= 15 is 0 Å². The van der Waals surface area contributed by atoms with Gasteiger partial charge in [0.15, 0.2) is 0 Å². The molecule has 0 radical (unpaired) electrons. The highest BCUT2D eigenvalue weighted by atomic mass is 32.1. The number of nitrogens with one attached hydrogen (secondary N) is 1. The van der Waals surface area contributed by atoms with E-state index in [2.05, 4.69) is 31.1 Å². The first-order valence-electron chi connectivity index (χ1n) is 7.46. The van der Waals surface area contributed by atoms with Gasteiger partial charge in [0.25, 0.3) is 0 Å². The molecule has 21 heavy (non-hydrogen) atoms. The van der Waals surface area contributed by atoms with Crippen molar-refractivity contribution in [3.63, 3.8) is 0 Å². The average Bonchev–Trinajstić information content (AvgIpc) is 2.83. The number of aliphatic hydroxyl groups is 1. The highest BCUT2D eigenvalue weighted by Gasteiger charge is 2.19. The van der Waals surface area contributed by atoms with Crippen LogP contribution in [0.5, 0.6) is 0 Å². The molecular formula is C16H28N2O2S. The number of carbonyl (C=O) groups excluding carboxylic acids is 1. The molecule has 1 aromatic rings.